The summed E-state index contributed by atoms with van der Waals surface area (Å²) in [5, 5.41) is 12.8. The molecule has 24 heavy (non-hydrogen) atoms. The monoisotopic (exact) mass is 391 g/mol. The number of benzene rings is 1. The molecule has 1 atom stereocenters. The van der Waals surface area contributed by atoms with E-state index >= 15 is 0 Å². The van der Waals surface area contributed by atoms with Crippen LogP contribution in [0.3, 0.4) is 0 Å². The molecule has 0 spiro atoms. The first-order valence-electron chi connectivity index (χ1n) is 7.60. The second-order valence-electron chi connectivity index (χ2n) is 5.24. The lowest BCUT2D eigenvalue weighted by molar-refractivity contribution is 0.0272. The van der Waals surface area contributed by atoms with Crippen molar-refractivity contribution in [3.05, 3.63) is 40.9 Å². The van der Waals surface area contributed by atoms with E-state index in [-0.39, 0.29) is 12.0 Å². The Labute approximate surface area is 147 Å². The largest absolute Gasteiger partial charge is 0.507 e. The molecule has 0 bridgehead atoms. The van der Waals surface area contributed by atoms with Crippen LogP contribution < -0.4 is 5.32 Å². The van der Waals surface area contributed by atoms with Gasteiger partial charge in [0.05, 0.1) is 10.8 Å². The molecule has 7 nitrogen and oxygen atoms in total. The smallest absolute Gasteiger partial charge is 0.167 e. The predicted molar refractivity (Wildman–Crippen MR) is 94.8 cm³/mol. The van der Waals surface area contributed by atoms with Gasteiger partial charge in [0, 0.05) is 13.2 Å². The summed E-state index contributed by atoms with van der Waals surface area (Å²) in [7, 11) is 0. The van der Waals surface area contributed by atoms with E-state index in [4.69, 9.17) is 4.74 Å². The number of ether oxygens (including phenoxy) is 1. The molecule has 1 aromatic carbocycles. The van der Waals surface area contributed by atoms with Crippen LogP contribution in [-0.4, -0.2) is 31.2 Å². The van der Waals surface area contributed by atoms with Gasteiger partial charge >= 0.3 is 0 Å². The Morgan fingerprint density at radius 3 is 2.92 bits per heavy atom. The Hall–Kier alpha value is -2.19. The maximum atomic E-state index is 9.56. The molecule has 0 aliphatic carbocycles. The summed E-state index contributed by atoms with van der Waals surface area (Å²) in [6.45, 7) is 5.08. The first kappa shape index (κ1) is 16.7. The van der Waals surface area contributed by atoms with Crippen LogP contribution in [-0.2, 0) is 11.3 Å². The summed E-state index contributed by atoms with van der Waals surface area (Å²) in [5.41, 5.74) is 2.43. The molecule has 0 saturated carbocycles. The maximum Gasteiger partial charge on any atom is 0.167 e. The average Bonchev–Trinajstić information content (AvgIpc) is 3.01. The summed E-state index contributed by atoms with van der Waals surface area (Å²) in [5.74, 6) is 0.874. The van der Waals surface area contributed by atoms with Crippen LogP contribution in [0.4, 0.5) is 5.82 Å². The minimum absolute atomic E-state index is 0.143. The highest BCUT2D eigenvalue weighted by Crippen LogP contribution is 2.25. The molecule has 0 fully saturated rings. The van der Waals surface area contributed by atoms with E-state index in [2.05, 4.69) is 36.2 Å². The van der Waals surface area contributed by atoms with Crippen LogP contribution in [0.25, 0.3) is 11.2 Å². The number of nitrogens with one attached hydrogen (secondary N) is 1. The van der Waals surface area contributed by atoms with Crippen LogP contribution in [0.2, 0.25) is 0 Å². The lowest BCUT2D eigenvalue weighted by Gasteiger charge is -2.13. The topological polar surface area (TPSA) is 85.1 Å². The number of hydrogen-bond donors (Lipinski definition) is 2. The average molecular weight is 392 g/mol. The van der Waals surface area contributed by atoms with Gasteiger partial charge in [-0.25, -0.2) is 15.0 Å². The van der Waals surface area contributed by atoms with Gasteiger partial charge in [0.25, 0.3) is 0 Å². The molecule has 3 aromatic rings. The lowest BCUT2D eigenvalue weighted by atomic mass is 10.2. The van der Waals surface area contributed by atoms with Crippen LogP contribution in [0.15, 0.2) is 35.3 Å². The highest BCUT2D eigenvalue weighted by molar-refractivity contribution is 9.10. The molecular formula is C16H18BrN5O2. The third-order valence-corrected chi connectivity index (χ3v) is 4.27. The molecule has 2 heterocycles. The first-order chi connectivity index (χ1) is 11.6. The van der Waals surface area contributed by atoms with Crippen LogP contribution in [0.5, 0.6) is 5.75 Å². The molecule has 2 aromatic heterocycles. The van der Waals surface area contributed by atoms with Crippen molar-refractivity contribution in [2.75, 3.05) is 11.9 Å². The van der Waals surface area contributed by atoms with Crippen molar-refractivity contribution in [2.45, 2.75) is 26.6 Å². The number of hydrogen-bond acceptors (Lipinski definition) is 6. The van der Waals surface area contributed by atoms with E-state index in [9.17, 15) is 5.11 Å². The van der Waals surface area contributed by atoms with Gasteiger partial charge in [-0.05, 0) is 47.5 Å². The lowest BCUT2D eigenvalue weighted by Crippen LogP contribution is -2.09. The third-order valence-electron chi connectivity index (χ3n) is 3.63. The number of halogens is 1. The fourth-order valence-corrected chi connectivity index (χ4v) is 2.84. The maximum absolute atomic E-state index is 9.56. The SMILES string of the molecule is CCOC(C)n1cnc2c(NCc3ccc(O)c(Br)c3)ncnc21. The standard InChI is InChI=1S/C16H18BrN5O2/c1-3-24-10(2)22-9-21-14-15(19-8-20-16(14)22)18-7-11-4-5-13(23)12(17)6-11/h4-6,8-10,23H,3,7H2,1-2H3,(H,18,19,20). The number of anilines is 1. The number of rotatable bonds is 6. The Morgan fingerprint density at radius 1 is 1.33 bits per heavy atom. The number of phenols is 1. The van der Waals surface area contributed by atoms with Crippen molar-refractivity contribution < 1.29 is 9.84 Å². The summed E-state index contributed by atoms with van der Waals surface area (Å²) in [4.78, 5) is 13.0. The zero-order valence-corrected chi connectivity index (χ0v) is 15.0. The summed E-state index contributed by atoms with van der Waals surface area (Å²) in [6.07, 6.45) is 3.08. The Morgan fingerprint density at radius 2 is 2.17 bits per heavy atom. The van der Waals surface area contributed by atoms with Crippen molar-refractivity contribution >= 4 is 32.9 Å². The molecule has 1 unspecified atom stereocenters. The van der Waals surface area contributed by atoms with Gasteiger partial charge in [0.2, 0.25) is 0 Å². The fraction of sp³-hybridized carbons (Fsp3) is 0.312. The zero-order valence-electron chi connectivity index (χ0n) is 13.4. The van der Waals surface area contributed by atoms with Gasteiger partial charge in [-0.15, -0.1) is 0 Å². The van der Waals surface area contributed by atoms with E-state index in [1.807, 2.05) is 30.5 Å². The van der Waals surface area contributed by atoms with Crippen molar-refractivity contribution in [3.8, 4) is 5.75 Å². The number of imidazole rings is 1. The van der Waals surface area contributed by atoms with Crippen LogP contribution >= 0.6 is 15.9 Å². The predicted octanol–water partition coefficient (Wildman–Crippen LogP) is 3.46. The summed E-state index contributed by atoms with van der Waals surface area (Å²) >= 11 is 3.31. The molecule has 2 N–H and O–H groups in total. The number of aromatic hydroxyl groups is 1. The molecule has 0 aliphatic heterocycles. The second-order valence-corrected chi connectivity index (χ2v) is 6.09. The number of fused-ring (bicyclic) bond motifs is 1. The van der Waals surface area contributed by atoms with Crippen molar-refractivity contribution in [1.29, 1.82) is 0 Å². The number of phenolic OH excluding ortho intramolecular Hbond substituents is 1. The summed E-state index contributed by atoms with van der Waals surface area (Å²) in [6, 6.07) is 5.35. The van der Waals surface area contributed by atoms with Crippen molar-refractivity contribution in [3.63, 3.8) is 0 Å². The van der Waals surface area contributed by atoms with Crippen molar-refractivity contribution in [2.24, 2.45) is 0 Å². The van der Waals surface area contributed by atoms with Crippen molar-refractivity contribution in [1.82, 2.24) is 19.5 Å². The minimum Gasteiger partial charge on any atom is -0.507 e. The minimum atomic E-state index is -0.143. The normalized spacial score (nSPS) is 12.5. The Kier molecular flexibility index (Phi) is 4.96. The third kappa shape index (κ3) is 3.34. The number of aromatic nitrogens is 4. The fourth-order valence-electron chi connectivity index (χ4n) is 2.42. The zero-order chi connectivity index (χ0) is 17.1. The summed E-state index contributed by atoms with van der Waals surface area (Å²) < 4.78 is 8.14. The van der Waals surface area contributed by atoms with E-state index in [1.165, 1.54) is 6.33 Å². The van der Waals surface area contributed by atoms with E-state index in [1.54, 1.807) is 12.4 Å². The Bertz CT molecular complexity index is 852. The molecule has 0 radical (unpaired) electrons. The molecule has 0 aliphatic rings. The Balaban J connectivity index is 1.83. The highest BCUT2D eigenvalue weighted by atomic mass is 79.9. The molecular weight excluding hydrogens is 374 g/mol. The first-order valence-corrected chi connectivity index (χ1v) is 8.39. The number of nitrogens with zero attached hydrogens (tertiary/aromatic N) is 4. The van der Waals surface area contributed by atoms with Gasteiger partial charge in [-0.1, -0.05) is 6.07 Å². The molecule has 0 saturated heterocycles. The van der Waals surface area contributed by atoms with Gasteiger partial charge in [0.1, 0.15) is 18.3 Å². The highest BCUT2D eigenvalue weighted by Gasteiger charge is 2.14. The molecule has 126 valence electrons. The quantitative estimate of drug-likeness (QED) is 0.668. The van der Waals surface area contributed by atoms with Gasteiger partial charge in [0.15, 0.2) is 17.0 Å². The molecule has 0 amide bonds. The molecule has 8 heteroatoms. The second kappa shape index (κ2) is 7.14. The van der Waals surface area contributed by atoms with E-state index < -0.39 is 0 Å². The van der Waals surface area contributed by atoms with Gasteiger partial charge < -0.3 is 15.2 Å². The van der Waals surface area contributed by atoms with Gasteiger partial charge in [-0.3, -0.25) is 4.57 Å². The van der Waals surface area contributed by atoms with E-state index in [0.717, 1.165) is 11.2 Å². The van der Waals surface area contributed by atoms with Gasteiger partial charge in [-0.2, -0.15) is 0 Å². The van der Waals surface area contributed by atoms with Crippen LogP contribution in [0.1, 0.15) is 25.6 Å². The molecule has 3 rings (SSSR count). The van der Waals surface area contributed by atoms with E-state index in [0.29, 0.717) is 29.0 Å². The van der Waals surface area contributed by atoms with Crippen LogP contribution in [0, 0.1) is 0 Å².